The quantitative estimate of drug-likeness (QED) is 0.522. The molecular formula is C11H19NO4. The number of carbonyl (C=O) groups excluding carboxylic acids is 1. The minimum absolute atomic E-state index is 0.00236. The summed E-state index contributed by atoms with van der Waals surface area (Å²) in [4.78, 5) is 13.4. The van der Waals surface area contributed by atoms with Gasteiger partial charge in [-0.15, -0.1) is 0 Å². The van der Waals surface area contributed by atoms with Crippen molar-refractivity contribution in [3.63, 3.8) is 0 Å². The molecule has 1 fully saturated rings. The first-order chi connectivity index (χ1) is 7.67. The molecule has 0 saturated carbocycles. The highest BCUT2D eigenvalue weighted by Crippen LogP contribution is 2.07. The van der Waals surface area contributed by atoms with Gasteiger partial charge in [0.2, 0.25) is 0 Å². The minimum Gasteiger partial charge on any atom is -0.463 e. The predicted octanol–water partition coefficient (Wildman–Crippen LogP) is -0.201. The molecule has 1 aliphatic heterocycles. The van der Waals surface area contributed by atoms with Crippen LogP contribution in [-0.2, 0) is 14.3 Å². The summed E-state index contributed by atoms with van der Waals surface area (Å²) in [6, 6.07) is 0. The first kappa shape index (κ1) is 13.2. The molecule has 5 nitrogen and oxygen atoms in total. The number of aliphatic hydroxyl groups is 1. The molecule has 0 aromatic rings. The average Bonchev–Trinajstić information content (AvgIpc) is 2.29. The third-order valence-corrected chi connectivity index (χ3v) is 2.41. The van der Waals surface area contributed by atoms with Gasteiger partial charge in [-0.25, -0.2) is 4.79 Å². The van der Waals surface area contributed by atoms with E-state index in [0.29, 0.717) is 31.9 Å². The van der Waals surface area contributed by atoms with Gasteiger partial charge in [-0.05, 0) is 6.92 Å². The van der Waals surface area contributed by atoms with Gasteiger partial charge in [0, 0.05) is 25.2 Å². The van der Waals surface area contributed by atoms with Crippen molar-refractivity contribution in [2.75, 3.05) is 39.5 Å². The van der Waals surface area contributed by atoms with Crippen LogP contribution in [0.3, 0.4) is 0 Å². The Hall–Kier alpha value is -0.910. The van der Waals surface area contributed by atoms with Crippen molar-refractivity contribution >= 4 is 5.97 Å². The fraction of sp³-hybridized carbons (Fsp3) is 0.727. The number of rotatable bonds is 5. The van der Waals surface area contributed by atoms with Crippen LogP contribution in [0.4, 0.5) is 0 Å². The third kappa shape index (κ3) is 3.92. The standard InChI is InChI=1S/C11H19NO4/c1-3-15-11(14)9(2)6-12-4-5-16-10(7-12)8-13/h10,13H,2-8H2,1H3. The minimum atomic E-state index is -0.352. The molecule has 5 heteroatoms. The van der Waals surface area contributed by atoms with Crippen LogP contribution < -0.4 is 0 Å². The lowest BCUT2D eigenvalue weighted by atomic mass is 10.2. The molecule has 0 aliphatic carbocycles. The molecular weight excluding hydrogens is 210 g/mol. The van der Waals surface area contributed by atoms with E-state index < -0.39 is 0 Å². The number of morpholine rings is 1. The number of carbonyl (C=O) groups is 1. The lowest BCUT2D eigenvalue weighted by molar-refractivity contribution is -0.139. The summed E-state index contributed by atoms with van der Waals surface area (Å²) in [6.07, 6.45) is -0.163. The van der Waals surface area contributed by atoms with Crippen molar-refractivity contribution in [2.45, 2.75) is 13.0 Å². The highest BCUT2D eigenvalue weighted by molar-refractivity contribution is 5.88. The maximum absolute atomic E-state index is 11.3. The molecule has 0 bridgehead atoms. The molecule has 0 spiro atoms. The summed E-state index contributed by atoms with van der Waals surface area (Å²) in [5, 5.41) is 8.97. The molecule has 1 N–H and O–H groups in total. The molecule has 1 unspecified atom stereocenters. The number of hydrogen-bond acceptors (Lipinski definition) is 5. The third-order valence-electron chi connectivity index (χ3n) is 2.41. The van der Waals surface area contributed by atoms with Gasteiger partial charge >= 0.3 is 5.97 Å². The smallest absolute Gasteiger partial charge is 0.334 e. The van der Waals surface area contributed by atoms with E-state index in [2.05, 4.69) is 6.58 Å². The van der Waals surface area contributed by atoms with E-state index in [-0.39, 0.29) is 18.7 Å². The average molecular weight is 229 g/mol. The van der Waals surface area contributed by atoms with Gasteiger partial charge in [-0.2, -0.15) is 0 Å². The summed E-state index contributed by atoms with van der Waals surface area (Å²) in [5.74, 6) is -0.352. The number of hydrogen-bond donors (Lipinski definition) is 1. The first-order valence-electron chi connectivity index (χ1n) is 5.47. The van der Waals surface area contributed by atoms with Crippen molar-refractivity contribution in [2.24, 2.45) is 0 Å². The van der Waals surface area contributed by atoms with Crippen molar-refractivity contribution in [3.8, 4) is 0 Å². The van der Waals surface area contributed by atoms with E-state index in [9.17, 15) is 4.79 Å². The van der Waals surface area contributed by atoms with Gasteiger partial charge in [0.1, 0.15) is 0 Å². The summed E-state index contributed by atoms with van der Waals surface area (Å²) < 4.78 is 10.2. The van der Waals surface area contributed by atoms with Crippen molar-refractivity contribution in [1.29, 1.82) is 0 Å². The van der Waals surface area contributed by atoms with Crippen LogP contribution in [-0.4, -0.2) is 61.5 Å². The molecule has 1 atom stereocenters. The molecule has 0 aromatic carbocycles. The Balaban J connectivity index is 2.35. The van der Waals surface area contributed by atoms with Gasteiger partial charge in [0.05, 0.1) is 25.9 Å². The van der Waals surface area contributed by atoms with Crippen LogP contribution in [0, 0.1) is 0 Å². The van der Waals surface area contributed by atoms with Crippen LogP contribution in [0.1, 0.15) is 6.92 Å². The summed E-state index contributed by atoms with van der Waals surface area (Å²) >= 11 is 0. The van der Waals surface area contributed by atoms with Gasteiger partial charge < -0.3 is 14.6 Å². The lowest BCUT2D eigenvalue weighted by Crippen LogP contribution is -2.45. The number of ether oxygens (including phenoxy) is 2. The Kier molecular flexibility index (Phi) is 5.45. The topological polar surface area (TPSA) is 59.0 Å². The van der Waals surface area contributed by atoms with E-state index in [4.69, 9.17) is 14.6 Å². The number of esters is 1. The fourth-order valence-electron chi connectivity index (χ4n) is 1.60. The molecule has 1 rings (SSSR count). The number of aliphatic hydroxyl groups excluding tert-OH is 1. The monoisotopic (exact) mass is 229 g/mol. The predicted molar refractivity (Wildman–Crippen MR) is 59.0 cm³/mol. The molecule has 1 saturated heterocycles. The molecule has 0 radical (unpaired) electrons. The van der Waals surface area contributed by atoms with E-state index in [1.807, 2.05) is 4.90 Å². The molecule has 1 heterocycles. The SMILES string of the molecule is C=C(CN1CCOC(CO)C1)C(=O)OCC. The fourth-order valence-corrected chi connectivity index (χ4v) is 1.60. The maximum Gasteiger partial charge on any atom is 0.334 e. The highest BCUT2D eigenvalue weighted by Gasteiger charge is 2.21. The van der Waals surface area contributed by atoms with Gasteiger partial charge in [-0.1, -0.05) is 6.58 Å². The zero-order valence-corrected chi connectivity index (χ0v) is 9.65. The van der Waals surface area contributed by atoms with Crippen molar-refractivity contribution < 1.29 is 19.4 Å². The second kappa shape index (κ2) is 6.62. The van der Waals surface area contributed by atoms with Gasteiger partial charge in [-0.3, -0.25) is 4.90 Å². The van der Waals surface area contributed by atoms with Gasteiger partial charge in [0.15, 0.2) is 0 Å². The molecule has 1 aliphatic rings. The molecule has 16 heavy (non-hydrogen) atoms. The Morgan fingerprint density at radius 2 is 2.44 bits per heavy atom. The van der Waals surface area contributed by atoms with E-state index >= 15 is 0 Å². The molecule has 0 amide bonds. The second-order valence-electron chi connectivity index (χ2n) is 3.73. The Bertz CT molecular complexity index is 254. The van der Waals surface area contributed by atoms with E-state index in [1.54, 1.807) is 6.92 Å². The maximum atomic E-state index is 11.3. The lowest BCUT2D eigenvalue weighted by Gasteiger charge is -2.31. The van der Waals surface area contributed by atoms with Crippen LogP contribution in [0.2, 0.25) is 0 Å². The number of nitrogens with zero attached hydrogens (tertiary/aromatic N) is 1. The van der Waals surface area contributed by atoms with Crippen LogP contribution in [0.5, 0.6) is 0 Å². The first-order valence-corrected chi connectivity index (χ1v) is 5.47. The second-order valence-corrected chi connectivity index (χ2v) is 3.73. The Labute approximate surface area is 95.6 Å². The van der Waals surface area contributed by atoms with Gasteiger partial charge in [0.25, 0.3) is 0 Å². The Morgan fingerprint density at radius 3 is 3.06 bits per heavy atom. The zero-order chi connectivity index (χ0) is 12.0. The Morgan fingerprint density at radius 1 is 1.69 bits per heavy atom. The van der Waals surface area contributed by atoms with E-state index in [1.165, 1.54) is 0 Å². The van der Waals surface area contributed by atoms with Crippen molar-refractivity contribution in [3.05, 3.63) is 12.2 Å². The molecule has 0 aromatic heterocycles. The van der Waals surface area contributed by atoms with Crippen LogP contribution >= 0.6 is 0 Å². The highest BCUT2D eigenvalue weighted by atomic mass is 16.5. The summed E-state index contributed by atoms with van der Waals surface area (Å²) in [6.45, 7) is 8.23. The van der Waals surface area contributed by atoms with Crippen molar-refractivity contribution in [1.82, 2.24) is 4.90 Å². The van der Waals surface area contributed by atoms with Crippen LogP contribution in [0.15, 0.2) is 12.2 Å². The zero-order valence-electron chi connectivity index (χ0n) is 9.65. The largest absolute Gasteiger partial charge is 0.463 e. The van der Waals surface area contributed by atoms with E-state index in [0.717, 1.165) is 6.54 Å². The normalized spacial score (nSPS) is 21.8. The van der Waals surface area contributed by atoms with Crippen LogP contribution in [0.25, 0.3) is 0 Å². The summed E-state index contributed by atoms with van der Waals surface area (Å²) in [5.41, 5.74) is 0.445. The molecule has 92 valence electrons. The summed E-state index contributed by atoms with van der Waals surface area (Å²) in [7, 11) is 0.